The SMILES string of the molecule is COc1ccc(F)cc1/C(O)=C1\C(=O)C(=O)N(c2ccc(C(C)C)cc2)C1c1ccc(OC(C)C)cc1. The van der Waals surface area contributed by atoms with E-state index >= 15 is 0 Å². The highest BCUT2D eigenvalue weighted by molar-refractivity contribution is 6.51. The molecule has 1 fully saturated rings. The predicted molar refractivity (Wildman–Crippen MR) is 140 cm³/mol. The number of ether oxygens (including phenoxy) is 2. The summed E-state index contributed by atoms with van der Waals surface area (Å²) in [4.78, 5) is 28.1. The van der Waals surface area contributed by atoms with Crippen LogP contribution in [0.4, 0.5) is 10.1 Å². The first kappa shape index (κ1) is 25.9. The highest BCUT2D eigenvalue weighted by Gasteiger charge is 2.47. The number of hydrogen-bond donors (Lipinski definition) is 1. The summed E-state index contributed by atoms with van der Waals surface area (Å²) in [6, 6.07) is 17.1. The van der Waals surface area contributed by atoms with Gasteiger partial charge in [-0.2, -0.15) is 0 Å². The van der Waals surface area contributed by atoms with Crippen LogP contribution in [0.5, 0.6) is 11.5 Å². The van der Waals surface area contributed by atoms with Gasteiger partial charge in [-0.25, -0.2) is 4.39 Å². The average molecular weight is 504 g/mol. The molecule has 1 amide bonds. The third-order valence-corrected chi connectivity index (χ3v) is 6.27. The lowest BCUT2D eigenvalue weighted by Gasteiger charge is -2.26. The van der Waals surface area contributed by atoms with E-state index in [2.05, 4.69) is 13.8 Å². The molecular weight excluding hydrogens is 473 g/mol. The van der Waals surface area contributed by atoms with Gasteiger partial charge in [0.15, 0.2) is 0 Å². The molecule has 7 heteroatoms. The van der Waals surface area contributed by atoms with Gasteiger partial charge >= 0.3 is 0 Å². The van der Waals surface area contributed by atoms with Crippen LogP contribution >= 0.6 is 0 Å². The van der Waals surface area contributed by atoms with Gasteiger partial charge in [0, 0.05) is 5.69 Å². The van der Waals surface area contributed by atoms with E-state index < -0.39 is 29.3 Å². The van der Waals surface area contributed by atoms with Crippen molar-refractivity contribution in [3.8, 4) is 11.5 Å². The van der Waals surface area contributed by atoms with E-state index in [4.69, 9.17) is 9.47 Å². The Morgan fingerprint density at radius 3 is 2.16 bits per heavy atom. The minimum atomic E-state index is -0.953. The number of ketones is 1. The van der Waals surface area contributed by atoms with Crippen molar-refractivity contribution in [3.05, 3.63) is 94.8 Å². The quantitative estimate of drug-likeness (QED) is 0.230. The molecule has 1 heterocycles. The van der Waals surface area contributed by atoms with Crippen LogP contribution in [0.3, 0.4) is 0 Å². The van der Waals surface area contributed by atoms with Crippen LogP contribution in [0.1, 0.15) is 56.3 Å². The maximum atomic E-state index is 14.2. The fraction of sp³-hybridized carbons (Fsp3) is 0.267. The molecule has 0 radical (unpaired) electrons. The Labute approximate surface area is 215 Å². The Kier molecular flexibility index (Phi) is 7.34. The van der Waals surface area contributed by atoms with Crippen molar-refractivity contribution in [2.45, 2.75) is 45.8 Å². The van der Waals surface area contributed by atoms with Gasteiger partial charge < -0.3 is 14.6 Å². The van der Waals surface area contributed by atoms with E-state index in [-0.39, 0.29) is 28.9 Å². The summed E-state index contributed by atoms with van der Waals surface area (Å²) in [6.07, 6.45) is -0.0311. The first-order chi connectivity index (χ1) is 17.6. The van der Waals surface area contributed by atoms with Gasteiger partial charge in [-0.1, -0.05) is 38.1 Å². The molecule has 1 N–H and O–H groups in total. The Hall–Kier alpha value is -4.13. The van der Waals surface area contributed by atoms with E-state index in [1.54, 1.807) is 36.4 Å². The third-order valence-electron chi connectivity index (χ3n) is 6.27. The van der Waals surface area contributed by atoms with Gasteiger partial charge in [-0.05, 0) is 73.4 Å². The summed E-state index contributed by atoms with van der Waals surface area (Å²) < 4.78 is 25.2. The monoisotopic (exact) mass is 503 g/mol. The van der Waals surface area contributed by atoms with Crippen molar-refractivity contribution >= 4 is 23.1 Å². The predicted octanol–water partition coefficient (Wildman–Crippen LogP) is 6.37. The number of carbonyl (C=O) groups excluding carboxylic acids is 2. The molecule has 4 rings (SSSR count). The summed E-state index contributed by atoms with van der Waals surface area (Å²) in [5, 5.41) is 11.3. The molecule has 1 unspecified atom stereocenters. The lowest BCUT2D eigenvalue weighted by molar-refractivity contribution is -0.132. The Balaban J connectivity index is 1.91. The van der Waals surface area contributed by atoms with Crippen LogP contribution in [0.15, 0.2) is 72.3 Å². The lowest BCUT2D eigenvalue weighted by Crippen LogP contribution is -2.29. The molecule has 0 aromatic heterocycles. The zero-order valence-electron chi connectivity index (χ0n) is 21.5. The maximum Gasteiger partial charge on any atom is 0.300 e. The van der Waals surface area contributed by atoms with E-state index in [0.29, 0.717) is 17.0 Å². The lowest BCUT2D eigenvalue weighted by atomic mass is 9.94. The topological polar surface area (TPSA) is 76.1 Å². The zero-order chi connectivity index (χ0) is 26.9. The summed E-state index contributed by atoms with van der Waals surface area (Å²) in [6.45, 7) is 7.95. The van der Waals surface area contributed by atoms with E-state index in [1.165, 1.54) is 24.1 Å². The maximum absolute atomic E-state index is 14.2. The van der Waals surface area contributed by atoms with E-state index in [9.17, 15) is 19.1 Å². The third kappa shape index (κ3) is 5.07. The summed E-state index contributed by atoms with van der Waals surface area (Å²) in [5.74, 6) is -1.70. The highest BCUT2D eigenvalue weighted by Crippen LogP contribution is 2.43. The number of amides is 1. The number of hydrogen-bond acceptors (Lipinski definition) is 5. The molecule has 0 spiro atoms. The minimum Gasteiger partial charge on any atom is -0.507 e. The minimum absolute atomic E-state index is 0.0135. The number of methoxy groups -OCH3 is 1. The molecule has 1 aliphatic heterocycles. The van der Waals surface area contributed by atoms with Crippen LogP contribution in [0.25, 0.3) is 5.76 Å². The van der Waals surface area contributed by atoms with Crippen molar-refractivity contribution in [1.82, 2.24) is 0 Å². The molecule has 1 aliphatic rings. The fourth-order valence-electron chi connectivity index (χ4n) is 4.45. The van der Waals surface area contributed by atoms with Gasteiger partial charge in [-0.15, -0.1) is 0 Å². The number of nitrogens with zero attached hydrogens (tertiary/aromatic N) is 1. The van der Waals surface area contributed by atoms with Crippen molar-refractivity contribution in [3.63, 3.8) is 0 Å². The molecular formula is C30H30FNO5. The van der Waals surface area contributed by atoms with Gasteiger partial charge in [-0.3, -0.25) is 14.5 Å². The number of anilines is 1. The number of carbonyl (C=O) groups is 2. The van der Waals surface area contributed by atoms with Gasteiger partial charge in [0.1, 0.15) is 23.1 Å². The molecule has 1 saturated heterocycles. The molecule has 37 heavy (non-hydrogen) atoms. The molecule has 1 atom stereocenters. The van der Waals surface area contributed by atoms with Crippen molar-refractivity contribution < 1.29 is 28.6 Å². The zero-order valence-corrected chi connectivity index (χ0v) is 21.5. The smallest absolute Gasteiger partial charge is 0.300 e. The second-order valence-electron chi connectivity index (χ2n) is 9.50. The molecule has 0 bridgehead atoms. The number of Topliss-reactive ketones (excluding diaryl/α,β-unsaturated/α-hetero) is 1. The van der Waals surface area contributed by atoms with Gasteiger partial charge in [0.05, 0.1) is 30.4 Å². The summed E-state index contributed by atoms with van der Waals surface area (Å²) >= 11 is 0. The van der Waals surface area contributed by atoms with Crippen molar-refractivity contribution in [2.75, 3.05) is 12.0 Å². The Morgan fingerprint density at radius 2 is 1.59 bits per heavy atom. The second kappa shape index (κ2) is 10.5. The fourth-order valence-corrected chi connectivity index (χ4v) is 4.45. The molecule has 192 valence electrons. The number of aliphatic hydroxyl groups is 1. The molecule has 3 aromatic carbocycles. The standard InChI is InChI=1S/C30H30FNO5/c1-17(2)19-6-11-22(12-7-19)32-27(20-8-13-23(14-9-20)37-18(3)4)26(29(34)30(32)35)28(33)24-16-21(31)10-15-25(24)36-5/h6-18,27,33H,1-5H3/b28-26+. The van der Waals surface area contributed by atoms with E-state index in [1.807, 2.05) is 26.0 Å². The second-order valence-corrected chi connectivity index (χ2v) is 9.50. The van der Waals surface area contributed by atoms with Crippen LogP contribution in [-0.4, -0.2) is 30.0 Å². The number of benzene rings is 3. The van der Waals surface area contributed by atoms with E-state index in [0.717, 1.165) is 11.6 Å². The van der Waals surface area contributed by atoms with Crippen LogP contribution < -0.4 is 14.4 Å². The van der Waals surface area contributed by atoms with Crippen LogP contribution in [-0.2, 0) is 9.59 Å². The van der Waals surface area contributed by atoms with Gasteiger partial charge in [0.25, 0.3) is 11.7 Å². The average Bonchev–Trinajstić information content (AvgIpc) is 3.14. The number of aliphatic hydroxyl groups excluding tert-OH is 1. The number of halogens is 1. The van der Waals surface area contributed by atoms with Gasteiger partial charge in [0.2, 0.25) is 0 Å². The molecule has 0 aliphatic carbocycles. The summed E-state index contributed by atoms with van der Waals surface area (Å²) in [5.41, 5.74) is 2.00. The van der Waals surface area contributed by atoms with Crippen molar-refractivity contribution in [1.29, 1.82) is 0 Å². The number of rotatable bonds is 7. The highest BCUT2D eigenvalue weighted by atomic mass is 19.1. The summed E-state index contributed by atoms with van der Waals surface area (Å²) in [7, 11) is 1.38. The largest absolute Gasteiger partial charge is 0.507 e. The van der Waals surface area contributed by atoms with Crippen LogP contribution in [0.2, 0.25) is 0 Å². The van der Waals surface area contributed by atoms with Crippen molar-refractivity contribution in [2.24, 2.45) is 0 Å². The normalized spacial score (nSPS) is 17.1. The first-order valence-corrected chi connectivity index (χ1v) is 12.1. The molecule has 0 saturated carbocycles. The Morgan fingerprint density at radius 1 is 0.946 bits per heavy atom. The first-order valence-electron chi connectivity index (χ1n) is 12.1. The molecule has 6 nitrogen and oxygen atoms in total. The molecule has 3 aromatic rings. The Bertz CT molecular complexity index is 1340. The van der Waals surface area contributed by atoms with Crippen LogP contribution in [0, 0.1) is 5.82 Å².